The molecule has 2 heteroatoms. The van der Waals surface area contributed by atoms with E-state index in [0.717, 1.165) is 6.54 Å². The van der Waals surface area contributed by atoms with Gasteiger partial charge >= 0.3 is 0 Å². The zero-order valence-corrected chi connectivity index (χ0v) is 12.1. The number of benzene rings is 1. The van der Waals surface area contributed by atoms with Gasteiger partial charge in [-0.2, -0.15) is 0 Å². The van der Waals surface area contributed by atoms with E-state index in [4.69, 9.17) is 0 Å². The van der Waals surface area contributed by atoms with Crippen molar-refractivity contribution in [2.75, 3.05) is 13.2 Å². The molecule has 1 fully saturated rings. The Labute approximate surface area is 116 Å². The predicted octanol–water partition coefficient (Wildman–Crippen LogP) is 2.94. The number of likely N-dealkylation sites (tertiary alicyclic amines) is 1. The van der Waals surface area contributed by atoms with Crippen LogP contribution < -0.4 is 0 Å². The Morgan fingerprint density at radius 2 is 2.05 bits per heavy atom. The first-order valence-corrected chi connectivity index (χ1v) is 7.65. The summed E-state index contributed by atoms with van der Waals surface area (Å²) in [6, 6.07) is 9.22. The third kappa shape index (κ3) is 1.93. The second kappa shape index (κ2) is 4.92. The molecule has 1 aromatic carbocycles. The fourth-order valence-electron chi connectivity index (χ4n) is 4.28. The Morgan fingerprint density at radius 1 is 1.26 bits per heavy atom. The zero-order chi connectivity index (χ0) is 13.5. The summed E-state index contributed by atoms with van der Waals surface area (Å²) in [5.41, 5.74) is 3.27. The summed E-state index contributed by atoms with van der Waals surface area (Å²) in [6.07, 6.45) is 4.95. The number of hydrogen-bond acceptors (Lipinski definition) is 2. The van der Waals surface area contributed by atoms with Crippen molar-refractivity contribution in [3.05, 3.63) is 35.4 Å². The van der Waals surface area contributed by atoms with Crippen molar-refractivity contribution in [2.24, 2.45) is 5.92 Å². The Kier molecular flexibility index (Phi) is 3.40. The monoisotopic (exact) mass is 259 g/mol. The second-order valence-corrected chi connectivity index (χ2v) is 6.48. The average molecular weight is 259 g/mol. The van der Waals surface area contributed by atoms with Crippen molar-refractivity contribution in [1.82, 2.24) is 4.90 Å². The topological polar surface area (TPSA) is 23.5 Å². The highest BCUT2D eigenvalue weighted by atomic mass is 16.3. The lowest BCUT2D eigenvalue weighted by Gasteiger charge is -2.42. The number of fused-ring (bicyclic) bond motifs is 2. The molecule has 2 aliphatic rings. The van der Waals surface area contributed by atoms with Crippen molar-refractivity contribution in [3.8, 4) is 0 Å². The molecule has 1 aliphatic heterocycles. The lowest BCUT2D eigenvalue weighted by atomic mass is 9.86. The molecule has 1 spiro atoms. The molecule has 1 aliphatic carbocycles. The lowest BCUT2D eigenvalue weighted by Crippen LogP contribution is -2.50. The van der Waals surface area contributed by atoms with Gasteiger partial charge < -0.3 is 5.11 Å². The van der Waals surface area contributed by atoms with Crippen molar-refractivity contribution >= 4 is 0 Å². The summed E-state index contributed by atoms with van der Waals surface area (Å²) in [5, 5.41) is 9.81. The maximum atomic E-state index is 9.81. The van der Waals surface area contributed by atoms with Gasteiger partial charge in [0, 0.05) is 11.6 Å². The van der Waals surface area contributed by atoms with E-state index in [2.05, 4.69) is 43.0 Å². The highest BCUT2D eigenvalue weighted by Crippen LogP contribution is 2.49. The molecule has 0 aromatic heterocycles. The van der Waals surface area contributed by atoms with E-state index in [1.54, 1.807) is 0 Å². The largest absolute Gasteiger partial charge is 0.395 e. The van der Waals surface area contributed by atoms with E-state index in [0.29, 0.717) is 12.0 Å². The predicted molar refractivity (Wildman–Crippen MR) is 78.1 cm³/mol. The average Bonchev–Trinajstić information content (AvgIpc) is 2.98. The lowest BCUT2D eigenvalue weighted by molar-refractivity contribution is 0.0249. The van der Waals surface area contributed by atoms with Crippen LogP contribution in [-0.4, -0.2) is 29.2 Å². The van der Waals surface area contributed by atoms with Crippen LogP contribution in [0.25, 0.3) is 0 Å². The van der Waals surface area contributed by atoms with Gasteiger partial charge in [-0.1, -0.05) is 38.1 Å². The highest BCUT2D eigenvalue weighted by molar-refractivity contribution is 5.39. The summed E-state index contributed by atoms with van der Waals surface area (Å²) in [5.74, 6) is 0.507. The molecular weight excluding hydrogens is 234 g/mol. The molecule has 2 atom stereocenters. The van der Waals surface area contributed by atoms with E-state index < -0.39 is 0 Å². The smallest absolute Gasteiger partial charge is 0.0589 e. The molecule has 1 saturated heterocycles. The van der Waals surface area contributed by atoms with Crippen LogP contribution in [0.1, 0.15) is 44.2 Å². The number of nitrogens with zero attached hydrogens (tertiary/aromatic N) is 1. The van der Waals surface area contributed by atoms with Gasteiger partial charge in [-0.05, 0) is 49.3 Å². The quantitative estimate of drug-likeness (QED) is 0.902. The Balaban J connectivity index is 2.00. The number of aliphatic hydroxyl groups excluding tert-OH is 1. The third-order valence-corrected chi connectivity index (χ3v) is 5.22. The fraction of sp³-hybridized carbons (Fsp3) is 0.647. The molecule has 104 valence electrons. The minimum Gasteiger partial charge on any atom is -0.395 e. The molecule has 0 unspecified atom stereocenters. The maximum absolute atomic E-state index is 9.81. The van der Waals surface area contributed by atoms with Gasteiger partial charge in [0.05, 0.1) is 6.61 Å². The maximum Gasteiger partial charge on any atom is 0.0589 e. The van der Waals surface area contributed by atoms with Gasteiger partial charge in [-0.25, -0.2) is 0 Å². The first kappa shape index (κ1) is 13.1. The summed E-state index contributed by atoms with van der Waals surface area (Å²) in [4.78, 5) is 2.61. The number of rotatable bonds is 3. The van der Waals surface area contributed by atoms with Gasteiger partial charge in [0.25, 0.3) is 0 Å². The summed E-state index contributed by atoms with van der Waals surface area (Å²) in [6.45, 7) is 5.88. The van der Waals surface area contributed by atoms with E-state index >= 15 is 0 Å². The minimum atomic E-state index is 0.217. The molecule has 2 nitrogen and oxygen atoms in total. The van der Waals surface area contributed by atoms with Crippen molar-refractivity contribution < 1.29 is 5.11 Å². The summed E-state index contributed by atoms with van der Waals surface area (Å²) in [7, 11) is 0. The Morgan fingerprint density at radius 3 is 2.79 bits per heavy atom. The van der Waals surface area contributed by atoms with Crippen molar-refractivity contribution in [2.45, 2.75) is 51.1 Å². The molecule has 0 bridgehead atoms. The van der Waals surface area contributed by atoms with Crippen molar-refractivity contribution in [1.29, 1.82) is 0 Å². The van der Waals surface area contributed by atoms with Crippen LogP contribution >= 0.6 is 0 Å². The Hall–Kier alpha value is -0.860. The SMILES string of the molecule is CC(C)[C@@H](CO)N1CCC[C@]12CCc1ccccc12. The molecule has 3 rings (SSSR count). The normalized spacial score (nSPS) is 28.2. The minimum absolute atomic E-state index is 0.217. The van der Waals surface area contributed by atoms with E-state index in [1.165, 1.54) is 36.8 Å². The first-order valence-electron chi connectivity index (χ1n) is 7.65. The first-order chi connectivity index (χ1) is 9.19. The zero-order valence-electron chi connectivity index (χ0n) is 12.1. The summed E-state index contributed by atoms with van der Waals surface area (Å²) < 4.78 is 0. The van der Waals surface area contributed by atoms with E-state index in [9.17, 15) is 5.11 Å². The van der Waals surface area contributed by atoms with Crippen LogP contribution in [0.3, 0.4) is 0 Å². The molecule has 0 radical (unpaired) electrons. The van der Waals surface area contributed by atoms with Crippen LogP contribution in [-0.2, 0) is 12.0 Å². The van der Waals surface area contributed by atoms with Crippen LogP contribution in [0.15, 0.2) is 24.3 Å². The number of aliphatic hydroxyl groups is 1. The second-order valence-electron chi connectivity index (χ2n) is 6.48. The Bertz CT molecular complexity index is 456. The highest BCUT2D eigenvalue weighted by Gasteiger charge is 2.48. The van der Waals surface area contributed by atoms with Crippen LogP contribution in [0.4, 0.5) is 0 Å². The molecule has 1 heterocycles. The van der Waals surface area contributed by atoms with Gasteiger partial charge in [0.1, 0.15) is 0 Å². The molecule has 1 N–H and O–H groups in total. The number of hydrogen-bond donors (Lipinski definition) is 1. The van der Waals surface area contributed by atoms with Crippen LogP contribution in [0.5, 0.6) is 0 Å². The third-order valence-electron chi connectivity index (χ3n) is 5.22. The van der Waals surface area contributed by atoms with Gasteiger partial charge in [0.2, 0.25) is 0 Å². The van der Waals surface area contributed by atoms with Gasteiger partial charge in [-0.15, -0.1) is 0 Å². The standard InChI is InChI=1S/C17H25NO/c1-13(2)16(12-19)18-11-5-9-17(18)10-8-14-6-3-4-7-15(14)17/h3-4,6-7,13,16,19H,5,8-12H2,1-2H3/t16-,17-/m1/s1. The van der Waals surface area contributed by atoms with Gasteiger partial charge in [-0.3, -0.25) is 4.90 Å². The van der Waals surface area contributed by atoms with Crippen LogP contribution in [0.2, 0.25) is 0 Å². The fourth-order valence-corrected chi connectivity index (χ4v) is 4.28. The number of aryl methyl sites for hydroxylation is 1. The van der Waals surface area contributed by atoms with Gasteiger partial charge in [0.15, 0.2) is 0 Å². The van der Waals surface area contributed by atoms with E-state index in [1.807, 2.05) is 0 Å². The molecule has 19 heavy (non-hydrogen) atoms. The molecule has 0 amide bonds. The summed E-state index contributed by atoms with van der Waals surface area (Å²) >= 11 is 0. The molecular formula is C17H25NO. The molecule has 1 aromatic rings. The molecule has 0 saturated carbocycles. The van der Waals surface area contributed by atoms with Crippen LogP contribution in [0, 0.1) is 5.92 Å². The van der Waals surface area contributed by atoms with Crippen molar-refractivity contribution in [3.63, 3.8) is 0 Å². The van der Waals surface area contributed by atoms with E-state index in [-0.39, 0.29) is 12.1 Å².